The van der Waals surface area contributed by atoms with Gasteiger partial charge in [0, 0.05) is 0 Å². The molecular weight excluding hydrogens is 204 g/mol. The molecule has 0 aromatic heterocycles. The molecule has 0 nitrogen and oxygen atoms in total. The molecule has 0 saturated carbocycles. The van der Waals surface area contributed by atoms with Crippen molar-refractivity contribution in [3.05, 3.63) is 0 Å². The monoisotopic (exact) mass is 222 g/mol. The van der Waals surface area contributed by atoms with Gasteiger partial charge in [-0.25, -0.2) is 17.6 Å². The summed E-state index contributed by atoms with van der Waals surface area (Å²) in [5.41, 5.74) is 13.4. The third kappa shape index (κ3) is 8.11. The fraction of sp³-hybridized carbons (Fsp3) is 0.600. The molecule has 72 valence electrons. The van der Waals surface area contributed by atoms with E-state index in [4.69, 9.17) is 0 Å². The van der Waals surface area contributed by atoms with Crippen LogP contribution in [0.1, 0.15) is 0 Å². The molecule has 0 heterocycles. The van der Waals surface area contributed by atoms with Gasteiger partial charge < -0.3 is 11.1 Å². The lowest BCUT2D eigenvalue weighted by Crippen LogP contribution is -2.22. The van der Waals surface area contributed by atoms with Gasteiger partial charge in [0.05, 0.1) is 0 Å². The van der Waals surface area contributed by atoms with Crippen molar-refractivity contribution in [1.29, 1.82) is 0 Å². The quantitative estimate of drug-likeness (QED) is 0.436. The van der Waals surface area contributed by atoms with Crippen molar-refractivity contribution in [2.75, 3.05) is 0 Å². The second-order valence-corrected chi connectivity index (χ2v) is 12.4. The Labute approximate surface area is 87.4 Å². The molecule has 13 heavy (non-hydrogen) atoms. The van der Waals surface area contributed by atoms with Gasteiger partial charge >= 0.3 is 0 Å². The van der Waals surface area contributed by atoms with Crippen molar-refractivity contribution in [3.63, 3.8) is 0 Å². The Balaban J connectivity index is 4.46. The van der Waals surface area contributed by atoms with Crippen molar-refractivity contribution in [3.8, 4) is 22.2 Å². The molecule has 0 fully saturated rings. The molecule has 0 atom stereocenters. The second kappa shape index (κ2) is 5.49. The van der Waals surface area contributed by atoms with E-state index in [0.717, 1.165) is 0 Å². The van der Waals surface area contributed by atoms with Crippen LogP contribution in [0, 0.1) is 22.2 Å². The number of hydrogen-bond donors (Lipinski definition) is 0. The third-order valence-corrected chi connectivity index (χ3v) is 4.50. The maximum Gasteiger partial charge on any atom is 0.202 e. The first-order chi connectivity index (χ1) is 5.83. The predicted octanol–water partition coefficient (Wildman–Crippen LogP) is 2.37. The highest BCUT2D eigenvalue weighted by Gasteiger charge is 2.10. The third-order valence-electron chi connectivity index (χ3n) is 1.25. The van der Waals surface area contributed by atoms with E-state index >= 15 is 0 Å². The molecular formula is C10H18Si3-2. The summed E-state index contributed by atoms with van der Waals surface area (Å²) >= 11 is 0. The highest BCUT2D eigenvalue weighted by Crippen LogP contribution is 1.97. The second-order valence-electron chi connectivity index (χ2n) is 4.12. The van der Waals surface area contributed by atoms with E-state index in [0.29, 0.717) is 0 Å². The van der Waals surface area contributed by atoms with Crippen molar-refractivity contribution < 1.29 is 0 Å². The Morgan fingerprint density at radius 2 is 1.08 bits per heavy atom. The summed E-state index contributed by atoms with van der Waals surface area (Å²) in [5.74, 6) is 0. The smallest absolute Gasteiger partial charge is 0.202 e. The van der Waals surface area contributed by atoms with Gasteiger partial charge in [-0.15, -0.1) is 0 Å². The molecule has 0 aromatic rings. The first-order valence-electron chi connectivity index (χ1n) is 4.50. The lowest BCUT2D eigenvalue weighted by molar-refractivity contribution is 1.93. The van der Waals surface area contributed by atoms with E-state index in [1.54, 1.807) is 0 Å². The molecule has 0 bridgehead atoms. The summed E-state index contributed by atoms with van der Waals surface area (Å²) in [6, 6.07) is 0. The minimum absolute atomic E-state index is 0.391. The standard InChI is InChI=1S/C10H18Si3/c1-11(2)7-9-13(5,6)10-8-12(3)4/h1-6H3/q-2. The van der Waals surface area contributed by atoms with E-state index < -0.39 is 25.7 Å². The Hall–Kier alpha value is -0.229. The van der Waals surface area contributed by atoms with E-state index in [-0.39, 0.29) is 0 Å². The summed E-state index contributed by atoms with van der Waals surface area (Å²) in [5, 5.41) is 0. The Bertz CT molecular complexity index is 240. The predicted molar refractivity (Wildman–Crippen MR) is 68.0 cm³/mol. The highest BCUT2D eigenvalue weighted by molar-refractivity contribution is 6.93. The van der Waals surface area contributed by atoms with Crippen LogP contribution in [-0.2, 0) is 0 Å². The Morgan fingerprint density at radius 1 is 0.769 bits per heavy atom. The minimum Gasteiger partial charge on any atom is -0.304 e. The summed E-state index contributed by atoms with van der Waals surface area (Å²) < 4.78 is 0. The van der Waals surface area contributed by atoms with E-state index in [9.17, 15) is 0 Å². The SMILES string of the molecule is C[Si-](C)C#C[Si](C)(C)C#C[Si-](C)C. The molecule has 0 aromatic carbocycles. The zero-order valence-corrected chi connectivity index (χ0v) is 12.5. The van der Waals surface area contributed by atoms with Crippen LogP contribution >= 0.6 is 0 Å². The van der Waals surface area contributed by atoms with Crippen LogP contribution in [0.4, 0.5) is 0 Å². The van der Waals surface area contributed by atoms with Gasteiger partial charge in [-0.05, 0) is 13.1 Å². The fourth-order valence-corrected chi connectivity index (χ4v) is 5.16. The molecule has 0 spiro atoms. The summed E-state index contributed by atoms with van der Waals surface area (Å²) in [6.07, 6.45) is 0. The maximum atomic E-state index is 3.39. The van der Waals surface area contributed by atoms with Crippen molar-refractivity contribution in [2.45, 2.75) is 39.3 Å². The highest BCUT2D eigenvalue weighted by atomic mass is 28.3. The molecule has 0 N–H and O–H groups in total. The molecule has 0 rings (SSSR count). The van der Waals surface area contributed by atoms with E-state index in [1.807, 2.05) is 0 Å². The number of hydrogen-bond acceptors (Lipinski definition) is 0. The van der Waals surface area contributed by atoms with Gasteiger partial charge in [-0.2, -0.15) is 37.3 Å². The molecule has 0 aliphatic carbocycles. The van der Waals surface area contributed by atoms with Crippen LogP contribution in [0.15, 0.2) is 0 Å². The summed E-state index contributed by atoms with van der Waals surface area (Å²) in [4.78, 5) is 0. The van der Waals surface area contributed by atoms with Crippen molar-refractivity contribution in [2.24, 2.45) is 0 Å². The van der Waals surface area contributed by atoms with E-state index in [1.165, 1.54) is 0 Å². The fourth-order valence-electron chi connectivity index (χ4n) is 0.594. The minimum atomic E-state index is -1.50. The van der Waals surface area contributed by atoms with Crippen LogP contribution in [0.25, 0.3) is 0 Å². The number of rotatable bonds is 0. The van der Waals surface area contributed by atoms with Gasteiger partial charge in [0.1, 0.15) is 0 Å². The largest absolute Gasteiger partial charge is 0.304 e. The van der Waals surface area contributed by atoms with Crippen LogP contribution < -0.4 is 0 Å². The molecule has 0 amide bonds. The lowest BCUT2D eigenvalue weighted by atomic mass is 11.3. The maximum absolute atomic E-state index is 3.39. The van der Waals surface area contributed by atoms with Crippen molar-refractivity contribution in [1.82, 2.24) is 0 Å². The van der Waals surface area contributed by atoms with Crippen LogP contribution in [0.2, 0.25) is 39.3 Å². The average Bonchev–Trinajstić information content (AvgIpc) is 1.98. The first-order valence-corrected chi connectivity index (χ1v) is 12.5. The zero-order valence-electron chi connectivity index (χ0n) is 9.50. The molecule has 0 unspecified atom stereocenters. The van der Waals surface area contributed by atoms with E-state index in [2.05, 4.69) is 61.5 Å². The van der Waals surface area contributed by atoms with Gasteiger partial charge in [0.25, 0.3) is 0 Å². The summed E-state index contributed by atoms with van der Waals surface area (Å²) in [7, 11) is -2.28. The van der Waals surface area contributed by atoms with Gasteiger partial charge in [0.2, 0.25) is 8.07 Å². The van der Waals surface area contributed by atoms with Gasteiger partial charge in [-0.1, -0.05) is 0 Å². The van der Waals surface area contributed by atoms with Gasteiger partial charge in [-0.3, -0.25) is 0 Å². The first kappa shape index (κ1) is 12.8. The Kier molecular flexibility index (Phi) is 5.39. The Morgan fingerprint density at radius 3 is 1.31 bits per heavy atom. The molecule has 3 heteroatoms. The molecule has 0 aliphatic heterocycles. The molecule has 0 radical (unpaired) electrons. The molecule has 0 saturated heterocycles. The molecule has 0 aliphatic rings. The van der Waals surface area contributed by atoms with Crippen molar-refractivity contribution >= 4 is 25.7 Å². The summed E-state index contributed by atoms with van der Waals surface area (Å²) in [6.45, 7) is 13.4. The van der Waals surface area contributed by atoms with Crippen LogP contribution in [-0.4, -0.2) is 25.7 Å². The zero-order chi connectivity index (χ0) is 10.5. The van der Waals surface area contributed by atoms with Crippen LogP contribution in [0.5, 0.6) is 0 Å². The normalized spacial score (nSPS) is 9.08. The average molecular weight is 223 g/mol. The van der Waals surface area contributed by atoms with Gasteiger partial charge in [0.15, 0.2) is 0 Å². The lowest BCUT2D eigenvalue weighted by Gasteiger charge is -2.12. The van der Waals surface area contributed by atoms with Crippen LogP contribution in [0.3, 0.4) is 0 Å². The topological polar surface area (TPSA) is 0 Å².